The summed E-state index contributed by atoms with van der Waals surface area (Å²) in [4.78, 5) is 22.8. The first-order valence-electron chi connectivity index (χ1n) is 5.97. The predicted molar refractivity (Wildman–Crippen MR) is 78.3 cm³/mol. The van der Waals surface area contributed by atoms with Crippen molar-refractivity contribution in [3.63, 3.8) is 0 Å². The maximum atomic E-state index is 11.7. The fourth-order valence-corrected chi connectivity index (χ4v) is 2.32. The zero-order valence-corrected chi connectivity index (χ0v) is 11.7. The number of nitrogens with one attached hydrogen (secondary N) is 2. The Kier molecular flexibility index (Phi) is 4.37. The molecule has 0 bridgehead atoms. The Labute approximate surface area is 120 Å². The molecule has 104 valence electrons. The van der Waals surface area contributed by atoms with Gasteiger partial charge in [0.15, 0.2) is 0 Å². The highest BCUT2D eigenvalue weighted by molar-refractivity contribution is 7.12. The van der Waals surface area contributed by atoms with Gasteiger partial charge in [0, 0.05) is 6.54 Å². The van der Waals surface area contributed by atoms with Crippen LogP contribution < -0.4 is 10.6 Å². The molecule has 20 heavy (non-hydrogen) atoms. The van der Waals surface area contributed by atoms with Crippen molar-refractivity contribution in [3.05, 3.63) is 51.7 Å². The van der Waals surface area contributed by atoms with E-state index in [1.54, 1.807) is 11.4 Å². The van der Waals surface area contributed by atoms with Gasteiger partial charge in [-0.15, -0.1) is 11.3 Å². The number of aryl methyl sites for hydroxylation is 1. The summed E-state index contributed by atoms with van der Waals surface area (Å²) in [6, 6.07) is 8.95. The maximum Gasteiger partial charge on any atom is 0.348 e. The number of hydrogen-bond donors (Lipinski definition) is 3. The van der Waals surface area contributed by atoms with Crippen molar-refractivity contribution in [2.75, 3.05) is 5.32 Å². The van der Waals surface area contributed by atoms with Gasteiger partial charge in [-0.3, -0.25) is 0 Å². The van der Waals surface area contributed by atoms with Gasteiger partial charge >= 0.3 is 12.0 Å². The minimum absolute atomic E-state index is 0.121. The predicted octanol–water partition coefficient (Wildman–Crippen LogP) is 3.08. The van der Waals surface area contributed by atoms with E-state index in [0.717, 1.165) is 22.5 Å². The summed E-state index contributed by atoms with van der Waals surface area (Å²) in [6.07, 6.45) is 0. The van der Waals surface area contributed by atoms with Crippen molar-refractivity contribution < 1.29 is 14.7 Å². The molecule has 3 N–H and O–H groups in total. The van der Waals surface area contributed by atoms with E-state index in [0.29, 0.717) is 12.2 Å². The molecule has 0 radical (unpaired) electrons. The Morgan fingerprint density at radius 1 is 1.20 bits per heavy atom. The molecule has 0 saturated heterocycles. The normalized spacial score (nSPS) is 10.1. The van der Waals surface area contributed by atoms with Crippen LogP contribution >= 0.6 is 11.3 Å². The van der Waals surface area contributed by atoms with Gasteiger partial charge in [0.25, 0.3) is 0 Å². The smallest absolute Gasteiger partial charge is 0.348 e. The quantitative estimate of drug-likeness (QED) is 0.809. The first-order valence-corrected chi connectivity index (χ1v) is 6.85. The minimum Gasteiger partial charge on any atom is -0.477 e. The molecule has 0 unspecified atom stereocenters. The molecule has 0 saturated carbocycles. The number of urea groups is 1. The lowest BCUT2D eigenvalue weighted by atomic mass is 10.1. The molecule has 2 rings (SSSR count). The zero-order valence-electron chi connectivity index (χ0n) is 10.8. The van der Waals surface area contributed by atoms with Gasteiger partial charge in [0.2, 0.25) is 0 Å². The number of aromatic carboxylic acids is 1. The Bertz CT molecular complexity index is 620. The Hall–Kier alpha value is -2.34. The third kappa shape index (κ3) is 3.58. The number of amides is 2. The summed E-state index contributed by atoms with van der Waals surface area (Å²) in [5.41, 5.74) is 2.45. The molecular formula is C14H14N2O3S. The number of carbonyl (C=O) groups is 2. The average Bonchev–Trinajstić information content (AvgIpc) is 2.86. The number of thiophene rings is 1. The Morgan fingerprint density at radius 3 is 2.55 bits per heavy atom. The second-order valence-electron chi connectivity index (χ2n) is 4.26. The van der Waals surface area contributed by atoms with Crippen LogP contribution in [0.15, 0.2) is 35.7 Å². The van der Waals surface area contributed by atoms with Gasteiger partial charge in [-0.2, -0.15) is 0 Å². The number of carboxylic acids is 1. The lowest BCUT2D eigenvalue weighted by Gasteiger charge is -2.07. The van der Waals surface area contributed by atoms with E-state index in [4.69, 9.17) is 5.11 Å². The maximum absolute atomic E-state index is 11.7. The lowest BCUT2D eigenvalue weighted by Crippen LogP contribution is -2.28. The largest absolute Gasteiger partial charge is 0.477 e. The summed E-state index contributed by atoms with van der Waals surface area (Å²) in [6.45, 7) is 2.38. The molecule has 0 aliphatic heterocycles. The van der Waals surface area contributed by atoms with E-state index in [2.05, 4.69) is 10.6 Å². The van der Waals surface area contributed by atoms with Crippen LogP contribution in [-0.4, -0.2) is 17.1 Å². The second-order valence-corrected chi connectivity index (χ2v) is 5.18. The molecule has 1 aromatic heterocycles. The van der Waals surface area contributed by atoms with Crippen LogP contribution in [0.2, 0.25) is 0 Å². The number of hydrogen-bond acceptors (Lipinski definition) is 3. The first-order chi connectivity index (χ1) is 9.56. The van der Waals surface area contributed by atoms with Crippen LogP contribution in [0, 0.1) is 6.92 Å². The van der Waals surface area contributed by atoms with Gasteiger partial charge in [-0.05, 0) is 23.9 Å². The van der Waals surface area contributed by atoms with Crippen molar-refractivity contribution in [1.29, 1.82) is 0 Å². The van der Waals surface area contributed by atoms with Crippen molar-refractivity contribution >= 4 is 29.0 Å². The molecule has 0 fully saturated rings. The summed E-state index contributed by atoms with van der Waals surface area (Å²) in [5, 5.41) is 15.8. The molecule has 0 spiro atoms. The molecule has 0 aliphatic carbocycles. The highest BCUT2D eigenvalue weighted by Crippen LogP contribution is 2.21. The van der Waals surface area contributed by atoms with Gasteiger partial charge < -0.3 is 15.7 Å². The van der Waals surface area contributed by atoms with Crippen molar-refractivity contribution in [1.82, 2.24) is 5.32 Å². The number of benzene rings is 1. The SMILES string of the molecule is Cc1ccc(CNC(=O)Nc2ccsc2C(=O)O)cc1. The van der Waals surface area contributed by atoms with E-state index < -0.39 is 12.0 Å². The van der Waals surface area contributed by atoms with E-state index in [9.17, 15) is 9.59 Å². The highest BCUT2D eigenvalue weighted by Gasteiger charge is 2.13. The van der Waals surface area contributed by atoms with Gasteiger partial charge in [-0.1, -0.05) is 29.8 Å². The first kappa shape index (κ1) is 14.1. The van der Waals surface area contributed by atoms with Crippen molar-refractivity contribution in [2.45, 2.75) is 13.5 Å². The Morgan fingerprint density at radius 2 is 1.90 bits per heavy atom. The average molecular weight is 290 g/mol. The summed E-state index contributed by atoms with van der Waals surface area (Å²) >= 11 is 1.07. The van der Waals surface area contributed by atoms with E-state index >= 15 is 0 Å². The summed E-state index contributed by atoms with van der Waals surface area (Å²) < 4.78 is 0. The van der Waals surface area contributed by atoms with Crippen LogP contribution in [0.25, 0.3) is 0 Å². The third-order valence-corrected chi connectivity index (χ3v) is 3.58. The standard InChI is InChI=1S/C14H14N2O3S/c1-9-2-4-10(5-3-9)8-15-14(19)16-11-6-7-20-12(11)13(17)18/h2-7H,8H2,1H3,(H,17,18)(H2,15,16,19). The van der Waals surface area contributed by atoms with Gasteiger partial charge in [0.05, 0.1) is 5.69 Å². The van der Waals surface area contributed by atoms with Crippen LogP contribution in [0.3, 0.4) is 0 Å². The van der Waals surface area contributed by atoms with Crippen LogP contribution in [0.5, 0.6) is 0 Å². The Balaban J connectivity index is 1.91. The molecule has 1 aromatic carbocycles. The topological polar surface area (TPSA) is 78.4 Å². The van der Waals surface area contributed by atoms with E-state index in [1.165, 1.54) is 0 Å². The van der Waals surface area contributed by atoms with Gasteiger partial charge in [-0.25, -0.2) is 9.59 Å². The number of carboxylic acid groups (broad SMARTS) is 1. The fourth-order valence-electron chi connectivity index (χ4n) is 1.63. The van der Waals surface area contributed by atoms with Gasteiger partial charge in [0.1, 0.15) is 4.88 Å². The molecule has 2 amide bonds. The van der Waals surface area contributed by atoms with Crippen molar-refractivity contribution in [2.24, 2.45) is 0 Å². The molecule has 1 heterocycles. The summed E-state index contributed by atoms with van der Waals surface area (Å²) in [5.74, 6) is -1.05. The number of rotatable bonds is 4. The van der Waals surface area contributed by atoms with Crippen LogP contribution in [0.1, 0.15) is 20.8 Å². The second kappa shape index (κ2) is 6.21. The van der Waals surface area contributed by atoms with Crippen molar-refractivity contribution in [3.8, 4) is 0 Å². The molecular weight excluding hydrogens is 276 g/mol. The summed E-state index contributed by atoms with van der Waals surface area (Å²) in [7, 11) is 0. The molecule has 0 atom stereocenters. The third-order valence-electron chi connectivity index (χ3n) is 2.68. The van der Waals surface area contributed by atoms with Crippen LogP contribution in [0.4, 0.5) is 10.5 Å². The van der Waals surface area contributed by atoms with Crippen LogP contribution in [-0.2, 0) is 6.54 Å². The molecule has 5 nitrogen and oxygen atoms in total. The lowest BCUT2D eigenvalue weighted by molar-refractivity contribution is 0.0703. The highest BCUT2D eigenvalue weighted by atomic mass is 32.1. The number of anilines is 1. The fraction of sp³-hybridized carbons (Fsp3) is 0.143. The molecule has 6 heteroatoms. The monoisotopic (exact) mass is 290 g/mol. The molecule has 2 aromatic rings. The minimum atomic E-state index is -1.05. The number of carbonyl (C=O) groups excluding carboxylic acids is 1. The molecule has 0 aliphatic rings. The van der Waals surface area contributed by atoms with E-state index in [-0.39, 0.29) is 4.88 Å². The van der Waals surface area contributed by atoms with E-state index in [1.807, 2.05) is 31.2 Å². The zero-order chi connectivity index (χ0) is 14.5.